The third kappa shape index (κ3) is 3.43. The molecule has 1 aromatic rings. The van der Waals surface area contributed by atoms with Gasteiger partial charge < -0.3 is 9.73 Å². The Morgan fingerprint density at radius 2 is 1.94 bits per heavy atom. The second kappa shape index (κ2) is 4.30. The minimum atomic E-state index is 0.271. The summed E-state index contributed by atoms with van der Waals surface area (Å²) in [5.41, 5.74) is 0.542. The maximum atomic E-state index is 5.27. The van der Waals surface area contributed by atoms with Gasteiger partial charge in [-0.25, -0.2) is 0 Å². The van der Waals surface area contributed by atoms with E-state index in [1.165, 1.54) is 0 Å². The van der Waals surface area contributed by atoms with Gasteiger partial charge in [0.15, 0.2) is 0 Å². The van der Waals surface area contributed by atoms with Crippen molar-refractivity contribution in [2.75, 3.05) is 0 Å². The van der Waals surface area contributed by atoms with Gasteiger partial charge in [0, 0.05) is 12.8 Å². The minimum Gasteiger partial charge on any atom is -0.463 e. The van der Waals surface area contributed by atoms with E-state index >= 15 is 0 Å². The zero-order valence-corrected chi connectivity index (χ0v) is 11.2. The number of furan rings is 1. The Morgan fingerprint density at radius 3 is 2.47 bits per heavy atom. The Hall–Kier alpha value is -1.09. The molecular weight excluding hydrogens is 212 g/mol. The average molecular weight is 235 g/mol. The summed E-state index contributed by atoms with van der Waals surface area (Å²) in [6.45, 7) is 9.18. The molecule has 17 heavy (non-hydrogen) atoms. The summed E-state index contributed by atoms with van der Waals surface area (Å²) in [5.74, 6) is 0.843. The van der Waals surface area contributed by atoms with Crippen LogP contribution in [0, 0.1) is 0 Å². The molecule has 0 radical (unpaired) electrons. The molecule has 1 fully saturated rings. The zero-order valence-electron chi connectivity index (χ0n) is 11.2. The molecule has 3 heteroatoms. The molecule has 0 aliphatic carbocycles. The highest BCUT2D eigenvalue weighted by Crippen LogP contribution is 2.24. The van der Waals surface area contributed by atoms with Crippen LogP contribution in [0.2, 0.25) is 0 Å². The summed E-state index contributed by atoms with van der Waals surface area (Å²) in [7, 11) is 0. The topological polar surface area (TPSA) is 42.1 Å². The number of nitrogens with two attached hydrogens (primary N) is 1. The zero-order chi connectivity index (χ0) is 12.5. The first-order valence-electron chi connectivity index (χ1n) is 6.30. The van der Waals surface area contributed by atoms with Crippen molar-refractivity contribution in [1.29, 1.82) is 0 Å². The lowest BCUT2D eigenvalue weighted by Gasteiger charge is -2.41. The fraction of sp³-hybridized carbons (Fsp3) is 0.643. The van der Waals surface area contributed by atoms with Crippen LogP contribution >= 0.6 is 0 Å². The van der Waals surface area contributed by atoms with Crippen molar-refractivity contribution in [3.63, 3.8) is 0 Å². The largest absolute Gasteiger partial charge is 0.463 e. The number of piperidine rings is 1. The molecule has 2 N–H and O–H groups in total. The Labute approximate surface area is 103 Å². The number of hydrogen-bond acceptors (Lipinski definition) is 2. The summed E-state index contributed by atoms with van der Waals surface area (Å²) < 4.78 is 5.27. The van der Waals surface area contributed by atoms with Crippen molar-refractivity contribution in [2.45, 2.75) is 57.7 Å². The van der Waals surface area contributed by atoms with Crippen LogP contribution in [0.25, 0.3) is 0 Å². The van der Waals surface area contributed by atoms with E-state index in [9.17, 15) is 0 Å². The molecule has 2 rings (SSSR count). The number of rotatable bonds is 2. The predicted octanol–water partition coefficient (Wildman–Crippen LogP) is 1.98. The van der Waals surface area contributed by atoms with Crippen LogP contribution < -0.4 is 5.32 Å². The molecular formula is C14H23N2O+. The smallest absolute Gasteiger partial charge is 0.144 e. The molecule has 1 aliphatic heterocycles. The number of nitrogens with zero attached hydrogens (tertiary/aromatic N) is 1. The Morgan fingerprint density at radius 1 is 1.29 bits per heavy atom. The normalized spacial score (nSPS) is 24.2. The van der Waals surface area contributed by atoms with Crippen molar-refractivity contribution in [3.8, 4) is 0 Å². The summed E-state index contributed by atoms with van der Waals surface area (Å²) in [6.07, 6.45) is 5.79. The van der Waals surface area contributed by atoms with Crippen LogP contribution in [0.15, 0.2) is 27.8 Å². The molecule has 0 aromatic carbocycles. The van der Waals surface area contributed by atoms with Crippen molar-refractivity contribution in [2.24, 2.45) is 4.99 Å². The van der Waals surface area contributed by atoms with Gasteiger partial charge in [-0.1, -0.05) is 0 Å². The molecule has 0 atom stereocenters. The Kier molecular flexibility index (Phi) is 3.13. The lowest BCUT2D eigenvalue weighted by Crippen LogP contribution is -3.05. The van der Waals surface area contributed by atoms with Crippen LogP contribution in [0.4, 0.5) is 0 Å². The minimum absolute atomic E-state index is 0.271. The molecule has 1 saturated heterocycles. The maximum absolute atomic E-state index is 5.27. The first kappa shape index (κ1) is 12.4. The standard InChI is InChI=1S/C14H22N2O/c1-13(2)8-11(9-14(3,4)16-13)15-10-12-6-5-7-17-12/h5-7,10-11,16H,8-9H2,1-4H3/p+1. The molecule has 0 amide bonds. The fourth-order valence-corrected chi connectivity index (χ4v) is 3.11. The molecule has 1 aromatic heterocycles. The van der Waals surface area contributed by atoms with Crippen LogP contribution in [0.5, 0.6) is 0 Å². The van der Waals surface area contributed by atoms with E-state index in [0.29, 0.717) is 6.04 Å². The van der Waals surface area contributed by atoms with E-state index in [2.05, 4.69) is 38.0 Å². The first-order chi connectivity index (χ1) is 7.86. The van der Waals surface area contributed by atoms with Gasteiger partial charge in [-0.15, -0.1) is 0 Å². The number of quaternary nitrogens is 1. The molecule has 2 heterocycles. The number of hydrogen-bond donors (Lipinski definition) is 1. The van der Waals surface area contributed by atoms with E-state index < -0.39 is 0 Å². The molecule has 0 saturated carbocycles. The Bertz CT molecular complexity index is 374. The van der Waals surface area contributed by atoms with Crippen LogP contribution in [-0.2, 0) is 0 Å². The lowest BCUT2D eigenvalue weighted by atomic mass is 9.80. The van der Waals surface area contributed by atoms with E-state index in [0.717, 1.165) is 18.6 Å². The summed E-state index contributed by atoms with van der Waals surface area (Å²) in [4.78, 5) is 4.68. The molecule has 0 spiro atoms. The highest BCUT2D eigenvalue weighted by molar-refractivity contribution is 5.75. The number of aliphatic imine (C=N–C) groups is 1. The van der Waals surface area contributed by atoms with E-state index in [-0.39, 0.29) is 11.1 Å². The van der Waals surface area contributed by atoms with Gasteiger partial charge in [-0.3, -0.25) is 4.99 Å². The predicted molar refractivity (Wildman–Crippen MR) is 69.4 cm³/mol. The average Bonchev–Trinajstić information content (AvgIpc) is 2.61. The SMILES string of the molecule is CC1(C)CC(N=Cc2ccco2)CC(C)(C)[NH2+]1. The van der Waals surface area contributed by atoms with Crippen LogP contribution in [0.3, 0.4) is 0 Å². The third-order valence-corrected chi connectivity index (χ3v) is 3.26. The second-order valence-electron chi connectivity index (χ2n) is 6.48. The van der Waals surface area contributed by atoms with Gasteiger partial charge in [0.05, 0.1) is 29.6 Å². The Balaban J connectivity index is 2.06. The summed E-state index contributed by atoms with van der Waals surface area (Å²) in [6, 6.07) is 4.23. The van der Waals surface area contributed by atoms with Gasteiger partial charge in [-0.05, 0) is 39.8 Å². The van der Waals surface area contributed by atoms with Crippen LogP contribution in [0.1, 0.15) is 46.3 Å². The highest BCUT2D eigenvalue weighted by Gasteiger charge is 2.41. The van der Waals surface area contributed by atoms with Gasteiger partial charge in [0.2, 0.25) is 0 Å². The van der Waals surface area contributed by atoms with E-state index in [4.69, 9.17) is 4.42 Å². The van der Waals surface area contributed by atoms with Crippen molar-refractivity contribution in [3.05, 3.63) is 24.2 Å². The summed E-state index contributed by atoms with van der Waals surface area (Å²) in [5, 5.41) is 2.47. The van der Waals surface area contributed by atoms with Gasteiger partial charge >= 0.3 is 0 Å². The van der Waals surface area contributed by atoms with Crippen molar-refractivity contribution >= 4 is 6.21 Å². The quantitative estimate of drug-likeness (QED) is 0.783. The lowest BCUT2D eigenvalue weighted by molar-refractivity contribution is -0.787. The van der Waals surface area contributed by atoms with Crippen LogP contribution in [-0.4, -0.2) is 23.3 Å². The highest BCUT2D eigenvalue weighted by atomic mass is 16.3. The van der Waals surface area contributed by atoms with E-state index in [1.54, 1.807) is 6.26 Å². The molecule has 3 nitrogen and oxygen atoms in total. The van der Waals surface area contributed by atoms with Crippen molar-refractivity contribution in [1.82, 2.24) is 0 Å². The monoisotopic (exact) mass is 235 g/mol. The van der Waals surface area contributed by atoms with Gasteiger partial charge in [0.1, 0.15) is 5.76 Å². The maximum Gasteiger partial charge on any atom is 0.144 e. The molecule has 94 valence electrons. The van der Waals surface area contributed by atoms with Crippen molar-refractivity contribution < 1.29 is 9.73 Å². The third-order valence-electron chi connectivity index (χ3n) is 3.26. The van der Waals surface area contributed by atoms with E-state index in [1.807, 2.05) is 18.3 Å². The molecule has 0 unspecified atom stereocenters. The van der Waals surface area contributed by atoms with Gasteiger partial charge in [-0.2, -0.15) is 0 Å². The second-order valence-corrected chi connectivity index (χ2v) is 6.48. The van der Waals surface area contributed by atoms with Gasteiger partial charge in [0.25, 0.3) is 0 Å². The fourth-order valence-electron chi connectivity index (χ4n) is 3.11. The summed E-state index contributed by atoms with van der Waals surface area (Å²) >= 11 is 0. The first-order valence-corrected chi connectivity index (χ1v) is 6.30. The molecule has 0 bridgehead atoms. The molecule has 1 aliphatic rings.